The molecule has 0 aromatic heterocycles. The first-order chi connectivity index (χ1) is 9.68. The van der Waals surface area contributed by atoms with Crippen LogP contribution in [0, 0.1) is 6.92 Å². The van der Waals surface area contributed by atoms with Gasteiger partial charge in [0.1, 0.15) is 0 Å². The van der Waals surface area contributed by atoms with Crippen LogP contribution in [-0.4, -0.2) is 8.42 Å². The highest BCUT2D eigenvalue weighted by molar-refractivity contribution is 7.90. The van der Waals surface area contributed by atoms with E-state index in [0.29, 0.717) is 4.90 Å². The number of hydrogen-bond acceptors (Lipinski definition) is 2. The van der Waals surface area contributed by atoms with E-state index in [1.165, 1.54) is 5.56 Å². The van der Waals surface area contributed by atoms with E-state index in [1.54, 1.807) is 12.1 Å². The summed E-state index contributed by atoms with van der Waals surface area (Å²) in [5, 5.41) is 0. The van der Waals surface area contributed by atoms with Gasteiger partial charge in [-0.15, -0.1) is 0 Å². The summed E-state index contributed by atoms with van der Waals surface area (Å²) in [6.07, 6.45) is 0. The summed E-state index contributed by atoms with van der Waals surface area (Å²) in [5.41, 5.74) is 3.17. The molecule has 0 heterocycles. The van der Waals surface area contributed by atoms with Crippen molar-refractivity contribution in [1.82, 2.24) is 0 Å². The highest BCUT2D eigenvalue weighted by Gasteiger charge is 2.17. The quantitative estimate of drug-likeness (QED) is 0.848. The molecule has 0 fully saturated rings. The zero-order valence-electron chi connectivity index (χ0n) is 13.1. The molecule has 112 valence electrons. The Kier molecular flexibility index (Phi) is 4.24. The molecule has 0 N–H and O–H groups in total. The highest BCUT2D eigenvalue weighted by atomic mass is 32.2. The van der Waals surface area contributed by atoms with Crippen LogP contribution in [-0.2, 0) is 21.0 Å². The molecule has 21 heavy (non-hydrogen) atoms. The summed E-state index contributed by atoms with van der Waals surface area (Å²) < 4.78 is 24.8. The van der Waals surface area contributed by atoms with E-state index >= 15 is 0 Å². The molecule has 2 aromatic rings. The minimum absolute atomic E-state index is 0.0421. The van der Waals surface area contributed by atoms with Crippen LogP contribution in [0.3, 0.4) is 0 Å². The van der Waals surface area contributed by atoms with E-state index in [1.807, 2.05) is 43.3 Å². The molecular weight excluding hydrogens is 280 g/mol. The van der Waals surface area contributed by atoms with Gasteiger partial charge in [0.15, 0.2) is 9.84 Å². The summed E-state index contributed by atoms with van der Waals surface area (Å²) in [5.74, 6) is 0.0421. The fourth-order valence-corrected chi connectivity index (χ4v) is 3.50. The fraction of sp³-hybridized carbons (Fsp3) is 0.333. The lowest BCUT2D eigenvalue weighted by Gasteiger charge is -2.19. The molecule has 0 saturated heterocycles. The van der Waals surface area contributed by atoms with Crippen molar-refractivity contribution in [2.45, 2.75) is 43.8 Å². The molecule has 2 nitrogen and oxygen atoms in total. The average molecular weight is 302 g/mol. The molecule has 2 aromatic carbocycles. The Hall–Kier alpha value is -1.61. The smallest absolute Gasteiger partial charge is 0.182 e. The third kappa shape index (κ3) is 3.94. The van der Waals surface area contributed by atoms with Crippen molar-refractivity contribution in [2.24, 2.45) is 0 Å². The first-order valence-electron chi connectivity index (χ1n) is 7.07. The lowest BCUT2D eigenvalue weighted by atomic mass is 9.87. The van der Waals surface area contributed by atoms with Crippen LogP contribution >= 0.6 is 0 Å². The number of benzene rings is 2. The van der Waals surface area contributed by atoms with Gasteiger partial charge in [0.05, 0.1) is 10.6 Å². The van der Waals surface area contributed by atoms with Crippen molar-refractivity contribution < 1.29 is 8.42 Å². The first-order valence-corrected chi connectivity index (χ1v) is 8.72. The van der Waals surface area contributed by atoms with Crippen LogP contribution < -0.4 is 0 Å². The second kappa shape index (κ2) is 5.64. The number of hydrogen-bond donors (Lipinski definition) is 0. The van der Waals surface area contributed by atoms with Crippen LogP contribution in [0.5, 0.6) is 0 Å². The number of rotatable bonds is 3. The molecule has 0 aliphatic carbocycles. The second-order valence-electron chi connectivity index (χ2n) is 6.52. The summed E-state index contributed by atoms with van der Waals surface area (Å²) >= 11 is 0. The maximum absolute atomic E-state index is 12.4. The molecule has 0 unspecified atom stereocenters. The van der Waals surface area contributed by atoms with Crippen molar-refractivity contribution >= 4 is 9.84 Å². The van der Waals surface area contributed by atoms with Crippen molar-refractivity contribution in [3.8, 4) is 0 Å². The standard InChI is InChI=1S/C18H22O2S/c1-14-5-11-17(12-6-14)21(19,20)13-15-7-9-16(10-8-15)18(2,3)4/h5-12H,13H2,1-4H3. The molecule has 2 rings (SSSR count). The molecule has 0 spiro atoms. The van der Waals surface area contributed by atoms with Gasteiger partial charge in [-0.1, -0.05) is 62.7 Å². The van der Waals surface area contributed by atoms with Gasteiger partial charge in [-0.05, 0) is 35.6 Å². The summed E-state index contributed by atoms with van der Waals surface area (Å²) in [7, 11) is -3.28. The molecule has 0 bridgehead atoms. The van der Waals surface area contributed by atoms with Crippen LogP contribution in [0.1, 0.15) is 37.5 Å². The van der Waals surface area contributed by atoms with Crippen molar-refractivity contribution in [2.75, 3.05) is 0 Å². The Balaban J connectivity index is 2.23. The van der Waals surface area contributed by atoms with Gasteiger partial charge in [0.2, 0.25) is 0 Å². The highest BCUT2D eigenvalue weighted by Crippen LogP contribution is 2.23. The Bertz CT molecular complexity index is 703. The van der Waals surface area contributed by atoms with Crippen molar-refractivity contribution in [3.05, 3.63) is 65.2 Å². The zero-order valence-corrected chi connectivity index (χ0v) is 13.9. The Morgan fingerprint density at radius 2 is 1.38 bits per heavy atom. The van der Waals surface area contributed by atoms with Gasteiger partial charge < -0.3 is 0 Å². The van der Waals surface area contributed by atoms with Gasteiger partial charge in [-0.3, -0.25) is 0 Å². The lowest BCUT2D eigenvalue weighted by molar-refractivity contribution is 0.589. The van der Waals surface area contributed by atoms with Gasteiger partial charge in [-0.2, -0.15) is 0 Å². The normalized spacial score (nSPS) is 12.4. The molecule has 0 radical (unpaired) electrons. The van der Waals surface area contributed by atoms with E-state index in [-0.39, 0.29) is 11.2 Å². The summed E-state index contributed by atoms with van der Waals surface area (Å²) in [6.45, 7) is 8.38. The molecule has 0 amide bonds. The topological polar surface area (TPSA) is 34.1 Å². The SMILES string of the molecule is Cc1ccc(S(=O)(=O)Cc2ccc(C(C)(C)C)cc2)cc1. The summed E-state index contributed by atoms with van der Waals surface area (Å²) in [4.78, 5) is 0.382. The maximum Gasteiger partial charge on any atom is 0.182 e. The van der Waals surface area contributed by atoms with E-state index in [2.05, 4.69) is 20.8 Å². The van der Waals surface area contributed by atoms with E-state index < -0.39 is 9.84 Å². The predicted octanol–water partition coefficient (Wildman–Crippen LogP) is 4.27. The third-order valence-electron chi connectivity index (χ3n) is 3.56. The average Bonchev–Trinajstić information content (AvgIpc) is 2.38. The zero-order chi connectivity index (χ0) is 15.7. The van der Waals surface area contributed by atoms with Crippen molar-refractivity contribution in [3.63, 3.8) is 0 Å². The van der Waals surface area contributed by atoms with Gasteiger partial charge >= 0.3 is 0 Å². The number of aryl methyl sites for hydroxylation is 1. The molecule has 3 heteroatoms. The van der Waals surface area contributed by atoms with Crippen LogP contribution in [0.25, 0.3) is 0 Å². The molecule has 0 aliphatic rings. The Morgan fingerprint density at radius 1 is 0.857 bits per heavy atom. The van der Waals surface area contributed by atoms with Crippen LogP contribution in [0.4, 0.5) is 0 Å². The van der Waals surface area contributed by atoms with Crippen LogP contribution in [0.2, 0.25) is 0 Å². The monoisotopic (exact) mass is 302 g/mol. The molecular formula is C18H22O2S. The first kappa shape index (κ1) is 15.8. The van der Waals surface area contributed by atoms with Gasteiger partial charge in [-0.25, -0.2) is 8.42 Å². The van der Waals surface area contributed by atoms with Crippen LogP contribution in [0.15, 0.2) is 53.4 Å². The predicted molar refractivity (Wildman–Crippen MR) is 87.2 cm³/mol. The van der Waals surface area contributed by atoms with E-state index in [9.17, 15) is 8.42 Å². The largest absolute Gasteiger partial charge is 0.223 e. The third-order valence-corrected chi connectivity index (χ3v) is 5.26. The summed E-state index contributed by atoms with van der Waals surface area (Å²) in [6, 6.07) is 14.9. The minimum atomic E-state index is -3.28. The Morgan fingerprint density at radius 3 is 1.86 bits per heavy atom. The maximum atomic E-state index is 12.4. The van der Waals surface area contributed by atoms with E-state index in [4.69, 9.17) is 0 Å². The minimum Gasteiger partial charge on any atom is -0.223 e. The second-order valence-corrected chi connectivity index (χ2v) is 8.51. The van der Waals surface area contributed by atoms with Crippen molar-refractivity contribution in [1.29, 1.82) is 0 Å². The van der Waals surface area contributed by atoms with Gasteiger partial charge in [0.25, 0.3) is 0 Å². The molecule has 0 saturated carbocycles. The Labute approximate surface area is 127 Å². The molecule has 0 aliphatic heterocycles. The fourth-order valence-electron chi connectivity index (χ4n) is 2.15. The lowest BCUT2D eigenvalue weighted by Crippen LogP contribution is -2.11. The van der Waals surface area contributed by atoms with Gasteiger partial charge in [0, 0.05) is 0 Å². The van der Waals surface area contributed by atoms with E-state index in [0.717, 1.165) is 11.1 Å². The molecule has 0 atom stereocenters. The number of sulfone groups is 1.